The third kappa shape index (κ3) is 4.57. The number of sulfonamides is 1. The van der Waals surface area contributed by atoms with Gasteiger partial charge in [-0.1, -0.05) is 45.2 Å². The first kappa shape index (κ1) is 20.8. The van der Waals surface area contributed by atoms with Crippen LogP contribution in [0.15, 0.2) is 29.2 Å². The Morgan fingerprint density at radius 3 is 2.19 bits per heavy atom. The predicted octanol–water partition coefficient (Wildman–Crippen LogP) is 3.71. The molecule has 2 aliphatic rings. The average Bonchev–Trinajstić information content (AvgIpc) is 3.01. The van der Waals surface area contributed by atoms with Crippen LogP contribution in [-0.4, -0.2) is 44.7 Å². The minimum Gasteiger partial charge on any atom is -0.229 e. The fraction of sp³-hybridized carbons (Fsp3) is 0.700. The van der Waals surface area contributed by atoms with E-state index in [1.165, 1.54) is 0 Å². The van der Waals surface area contributed by atoms with Crippen molar-refractivity contribution in [1.82, 2.24) is 4.31 Å². The summed E-state index contributed by atoms with van der Waals surface area (Å²) in [4.78, 5) is 0.282. The molecule has 1 aromatic carbocycles. The van der Waals surface area contributed by atoms with Crippen molar-refractivity contribution in [3.63, 3.8) is 0 Å². The molecule has 0 unspecified atom stereocenters. The lowest BCUT2D eigenvalue weighted by Gasteiger charge is -2.37. The molecule has 1 aliphatic heterocycles. The number of nitrogens with zero attached hydrogens (tertiary/aromatic N) is 1. The number of benzene rings is 1. The first-order valence-corrected chi connectivity index (χ1v) is 13.3. The fourth-order valence-corrected chi connectivity index (χ4v) is 8.03. The molecule has 1 heterocycles. The van der Waals surface area contributed by atoms with E-state index in [9.17, 15) is 16.8 Å². The molecule has 27 heavy (non-hydrogen) atoms. The van der Waals surface area contributed by atoms with Crippen LogP contribution in [0.5, 0.6) is 0 Å². The van der Waals surface area contributed by atoms with Gasteiger partial charge in [0.25, 0.3) is 0 Å². The van der Waals surface area contributed by atoms with E-state index in [0.717, 1.165) is 44.1 Å². The lowest BCUT2D eigenvalue weighted by Crippen LogP contribution is -2.48. The van der Waals surface area contributed by atoms with Crippen LogP contribution >= 0.6 is 0 Å². The van der Waals surface area contributed by atoms with E-state index in [0.29, 0.717) is 12.3 Å². The van der Waals surface area contributed by atoms with Crippen LogP contribution in [0.1, 0.15) is 70.3 Å². The van der Waals surface area contributed by atoms with Gasteiger partial charge in [0.05, 0.1) is 16.4 Å². The molecule has 1 aliphatic carbocycles. The molecule has 1 saturated heterocycles. The molecule has 2 fully saturated rings. The highest BCUT2D eigenvalue weighted by Crippen LogP contribution is 2.33. The molecule has 0 spiro atoms. The zero-order valence-electron chi connectivity index (χ0n) is 16.3. The second-order valence-electron chi connectivity index (χ2n) is 8.06. The summed E-state index contributed by atoms with van der Waals surface area (Å²) in [6.07, 6.45) is 6.17. The summed E-state index contributed by atoms with van der Waals surface area (Å²) >= 11 is 0. The standard InChI is InChI=1S/C20H31NO4S2/c1-3-16(2)17-9-11-20(12-10-17)27(24,25)21(18-7-5-4-6-8-18)19-13-14-26(22,23)15-19/h9-12,16,18-19H,3-8,13-15H2,1-2H3/t16-,19+/m1/s1. The zero-order valence-corrected chi connectivity index (χ0v) is 17.9. The van der Waals surface area contributed by atoms with Crippen LogP contribution in [-0.2, 0) is 19.9 Å². The van der Waals surface area contributed by atoms with Crippen LogP contribution < -0.4 is 0 Å². The van der Waals surface area contributed by atoms with Crippen molar-refractivity contribution in [3.8, 4) is 0 Å². The van der Waals surface area contributed by atoms with E-state index < -0.39 is 25.9 Å². The van der Waals surface area contributed by atoms with Crippen molar-refractivity contribution in [3.05, 3.63) is 29.8 Å². The Bertz CT molecular complexity index is 840. The minimum atomic E-state index is -3.71. The van der Waals surface area contributed by atoms with Gasteiger partial charge >= 0.3 is 0 Å². The Kier molecular flexibility index (Phi) is 6.33. The molecule has 0 radical (unpaired) electrons. The van der Waals surface area contributed by atoms with Gasteiger partial charge in [-0.15, -0.1) is 0 Å². The summed E-state index contributed by atoms with van der Waals surface area (Å²) in [5.74, 6) is 0.424. The quantitative estimate of drug-likeness (QED) is 0.713. The molecule has 1 aromatic rings. The van der Waals surface area contributed by atoms with Crippen molar-refractivity contribution in [2.24, 2.45) is 0 Å². The van der Waals surface area contributed by atoms with Crippen LogP contribution in [0, 0.1) is 0 Å². The molecule has 0 aromatic heterocycles. The van der Waals surface area contributed by atoms with E-state index in [-0.39, 0.29) is 22.4 Å². The molecule has 0 bridgehead atoms. The molecule has 1 saturated carbocycles. The van der Waals surface area contributed by atoms with Crippen molar-refractivity contribution in [2.45, 2.75) is 81.7 Å². The highest BCUT2D eigenvalue weighted by molar-refractivity contribution is 7.92. The van der Waals surface area contributed by atoms with E-state index >= 15 is 0 Å². The van der Waals surface area contributed by atoms with Gasteiger partial charge in [0.15, 0.2) is 9.84 Å². The number of rotatable bonds is 6. The summed E-state index contributed by atoms with van der Waals surface area (Å²) in [5.41, 5.74) is 1.13. The SMILES string of the molecule is CC[C@@H](C)c1ccc(S(=O)(=O)N(C2CCCCC2)[C@H]2CCS(=O)(=O)C2)cc1. The summed E-state index contributed by atoms with van der Waals surface area (Å²) in [7, 11) is -6.86. The molecule has 2 atom stereocenters. The van der Waals surface area contributed by atoms with Gasteiger partial charge in [0.2, 0.25) is 10.0 Å². The highest BCUT2D eigenvalue weighted by atomic mass is 32.2. The monoisotopic (exact) mass is 413 g/mol. The van der Waals surface area contributed by atoms with Crippen LogP contribution in [0.25, 0.3) is 0 Å². The molecule has 7 heteroatoms. The van der Waals surface area contributed by atoms with Gasteiger partial charge in [0, 0.05) is 12.1 Å². The molecular formula is C20H31NO4S2. The van der Waals surface area contributed by atoms with Crippen molar-refractivity contribution in [1.29, 1.82) is 0 Å². The summed E-state index contributed by atoms with van der Waals surface area (Å²) in [5, 5.41) is 0. The Morgan fingerprint density at radius 2 is 1.67 bits per heavy atom. The Labute approximate surface area is 164 Å². The second-order valence-corrected chi connectivity index (χ2v) is 12.1. The maximum Gasteiger partial charge on any atom is 0.243 e. The van der Waals surface area contributed by atoms with Crippen LogP contribution in [0.4, 0.5) is 0 Å². The topological polar surface area (TPSA) is 71.5 Å². The third-order valence-electron chi connectivity index (χ3n) is 6.14. The third-order valence-corrected chi connectivity index (χ3v) is 9.91. The lowest BCUT2D eigenvalue weighted by molar-refractivity contribution is 0.213. The minimum absolute atomic E-state index is 0.0479. The van der Waals surface area contributed by atoms with Crippen LogP contribution in [0.2, 0.25) is 0 Å². The largest absolute Gasteiger partial charge is 0.243 e. The van der Waals surface area contributed by atoms with Gasteiger partial charge in [0.1, 0.15) is 0 Å². The molecule has 0 amide bonds. The summed E-state index contributed by atoms with van der Waals surface area (Å²) in [6.45, 7) is 4.24. The van der Waals surface area contributed by atoms with E-state index in [2.05, 4.69) is 13.8 Å². The molecule has 0 N–H and O–H groups in total. The maximum absolute atomic E-state index is 13.5. The van der Waals surface area contributed by atoms with E-state index in [4.69, 9.17) is 0 Å². The lowest BCUT2D eigenvalue weighted by atomic mass is 9.95. The van der Waals surface area contributed by atoms with Gasteiger partial charge in [-0.25, -0.2) is 16.8 Å². The highest BCUT2D eigenvalue weighted by Gasteiger charge is 2.42. The van der Waals surface area contributed by atoms with Crippen molar-refractivity contribution < 1.29 is 16.8 Å². The average molecular weight is 414 g/mol. The van der Waals surface area contributed by atoms with Gasteiger partial charge in [-0.3, -0.25) is 0 Å². The van der Waals surface area contributed by atoms with E-state index in [1.807, 2.05) is 12.1 Å². The smallest absolute Gasteiger partial charge is 0.229 e. The molecule has 5 nitrogen and oxygen atoms in total. The summed E-state index contributed by atoms with van der Waals surface area (Å²) in [6, 6.07) is 6.65. The van der Waals surface area contributed by atoms with Gasteiger partial charge in [-0.05, 0) is 49.3 Å². The second kappa shape index (κ2) is 8.21. The van der Waals surface area contributed by atoms with Crippen molar-refractivity contribution in [2.75, 3.05) is 11.5 Å². The normalized spacial score (nSPS) is 24.9. The first-order valence-electron chi connectivity index (χ1n) is 10.1. The van der Waals surface area contributed by atoms with Gasteiger partial charge in [-0.2, -0.15) is 4.31 Å². The van der Waals surface area contributed by atoms with Crippen molar-refractivity contribution >= 4 is 19.9 Å². The van der Waals surface area contributed by atoms with E-state index in [1.54, 1.807) is 16.4 Å². The van der Waals surface area contributed by atoms with Gasteiger partial charge < -0.3 is 0 Å². The Morgan fingerprint density at radius 1 is 1.04 bits per heavy atom. The Balaban J connectivity index is 1.94. The van der Waals surface area contributed by atoms with Crippen LogP contribution in [0.3, 0.4) is 0 Å². The maximum atomic E-state index is 13.5. The fourth-order valence-electron chi connectivity index (χ4n) is 4.33. The Hall–Kier alpha value is -0.920. The first-order chi connectivity index (χ1) is 12.7. The number of sulfone groups is 1. The number of hydrogen-bond acceptors (Lipinski definition) is 4. The zero-order chi connectivity index (χ0) is 19.7. The molecular weight excluding hydrogens is 382 g/mol. The predicted molar refractivity (Wildman–Crippen MR) is 108 cm³/mol. The molecule has 3 rings (SSSR count). The molecule has 152 valence electrons. The number of hydrogen-bond donors (Lipinski definition) is 0. The summed E-state index contributed by atoms with van der Waals surface area (Å²) < 4.78 is 52.6.